The number of hydrogen-bond acceptors (Lipinski definition) is 3. The lowest BCUT2D eigenvalue weighted by atomic mass is 10.0. The number of hydrogen-bond donors (Lipinski definition) is 2. The van der Waals surface area contributed by atoms with Crippen molar-refractivity contribution in [3.05, 3.63) is 90.0 Å². The van der Waals surface area contributed by atoms with Gasteiger partial charge in [0.25, 0.3) is 0 Å². The highest BCUT2D eigenvalue weighted by molar-refractivity contribution is 7.89. The number of benzene rings is 3. The third kappa shape index (κ3) is 5.06. The van der Waals surface area contributed by atoms with Crippen LogP contribution in [0.4, 0.5) is 0 Å². The number of primary sulfonamides is 1. The lowest BCUT2D eigenvalue weighted by molar-refractivity contribution is -0.121. The number of nitrogens with two attached hydrogens (primary N) is 1. The van der Waals surface area contributed by atoms with Gasteiger partial charge in [0.15, 0.2) is 0 Å². The first kappa shape index (κ1) is 19.8. The van der Waals surface area contributed by atoms with E-state index in [2.05, 4.69) is 5.32 Å². The highest BCUT2D eigenvalue weighted by atomic mass is 32.2. The van der Waals surface area contributed by atoms with Gasteiger partial charge in [-0.1, -0.05) is 66.7 Å². The average Bonchev–Trinajstić information content (AvgIpc) is 2.68. The van der Waals surface area contributed by atoms with Crippen molar-refractivity contribution < 1.29 is 13.2 Å². The largest absolute Gasteiger partial charge is 0.349 e. The SMILES string of the molecule is C[C@@H](NC(=O)Cc1ccc(-c2ccccc2)cc1)c1ccc(S(N)(=O)=O)cc1. The van der Waals surface area contributed by atoms with Gasteiger partial charge in [0, 0.05) is 0 Å². The Bertz CT molecular complexity index is 1050. The number of carbonyl (C=O) groups excluding carboxylic acids is 1. The summed E-state index contributed by atoms with van der Waals surface area (Å²) in [6.07, 6.45) is 0.272. The van der Waals surface area contributed by atoms with E-state index in [1.807, 2.05) is 61.5 Å². The second kappa shape index (κ2) is 8.37. The van der Waals surface area contributed by atoms with Gasteiger partial charge >= 0.3 is 0 Å². The summed E-state index contributed by atoms with van der Waals surface area (Å²) in [6.45, 7) is 1.85. The summed E-state index contributed by atoms with van der Waals surface area (Å²) in [5.41, 5.74) is 3.97. The van der Waals surface area contributed by atoms with E-state index in [9.17, 15) is 13.2 Å². The predicted molar refractivity (Wildman–Crippen MR) is 110 cm³/mol. The molecule has 0 bridgehead atoms. The smallest absolute Gasteiger partial charge is 0.238 e. The minimum absolute atomic E-state index is 0.0493. The van der Waals surface area contributed by atoms with Crippen LogP contribution in [0.2, 0.25) is 0 Å². The maximum atomic E-state index is 12.4. The number of nitrogens with one attached hydrogen (secondary N) is 1. The molecule has 1 amide bonds. The normalized spacial score (nSPS) is 12.4. The monoisotopic (exact) mass is 394 g/mol. The standard InChI is InChI=1S/C22H22N2O3S/c1-16(18-11-13-21(14-12-18)28(23,26)27)24-22(25)15-17-7-9-20(10-8-17)19-5-3-2-4-6-19/h2-14,16H,15H2,1H3,(H,24,25)(H2,23,26,27)/t16-/m1/s1. The second-order valence-electron chi connectivity index (χ2n) is 6.64. The highest BCUT2D eigenvalue weighted by Gasteiger charge is 2.12. The van der Waals surface area contributed by atoms with Crippen LogP contribution in [0.5, 0.6) is 0 Å². The fraction of sp³-hybridized carbons (Fsp3) is 0.136. The van der Waals surface area contributed by atoms with Crippen LogP contribution in [-0.2, 0) is 21.2 Å². The molecule has 6 heteroatoms. The van der Waals surface area contributed by atoms with Crippen LogP contribution in [0.15, 0.2) is 83.8 Å². The van der Waals surface area contributed by atoms with Gasteiger partial charge in [0.2, 0.25) is 15.9 Å². The average molecular weight is 394 g/mol. The van der Waals surface area contributed by atoms with Crippen molar-refractivity contribution in [2.45, 2.75) is 24.3 Å². The van der Waals surface area contributed by atoms with Crippen molar-refractivity contribution in [3.8, 4) is 11.1 Å². The van der Waals surface area contributed by atoms with E-state index in [0.717, 1.165) is 22.3 Å². The number of amides is 1. The summed E-state index contributed by atoms with van der Waals surface area (Å²) >= 11 is 0. The molecule has 0 aromatic heterocycles. The molecule has 0 aliphatic rings. The first-order valence-electron chi connectivity index (χ1n) is 8.89. The molecule has 0 heterocycles. The van der Waals surface area contributed by atoms with Gasteiger partial charge in [-0.15, -0.1) is 0 Å². The fourth-order valence-corrected chi connectivity index (χ4v) is 3.47. The van der Waals surface area contributed by atoms with Crippen LogP contribution in [-0.4, -0.2) is 14.3 Å². The van der Waals surface area contributed by atoms with Gasteiger partial charge in [-0.25, -0.2) is 13.6 Å². The molecule has 0 fully saturated rings. The predicted octanol–water partition coefficient (Wildman–Crippen LogP) is 3.42. The molecule has 0 radical (unpaired) electrons. The fourth-order valence-electron chi connectivity index (χ4n) is 2.95. The van der Waals surface area contributed by atoms with Crippen LogP contribution in [0, 0.1) is 0 Å². The molecule has 0 aliphatic heterocycles. The third-order valence-electron chi connectivity index (χ3n) is 4.51. The minimum atomic E-state index is -3.72. The Morgan fingerprint density at radius 3 is 2.04 bits per heavy atom. The van der Waals surface area contributed by atoms with Gasteiger partial charge in [-0.05, 0) is 41.3 Å². The highest BCUT2D eigenvalue weighted by Crippen LogP contribution is 2.20. The molecular weight excluding hydrogens is 372 g/mol. The summed E-state index contributed by atoms with van der Waals surface area (Å²) in [5.74, 6) is -0.101. The Morgan fingerprint density at radius 2 is 1.46 bits per heavy atom. The Morgan fingerprint density at radius 1 is 0.893 bits per heavy atom. The van der Waals surface area contributed by atoms with Crippen molar-refractivity contribution in [1.29, 1.82) is 0 Å². The Hall–Kier alpha value is -2.96. The Labute approximate surface area is 165 Å². The van der Waals surface area contributed by atoms with Gasteiger partial charge in [-0.3, -0.25) is 4.79 Å². The maximum absolute atomic E-state index is 12.4. The van der Waals surface area contributed by atoms with E-state index >= 15 is 0 Å². The summed E-state index contributed by atoms with van der Waals surface area (Å²) in [6, 6.07) is 23.9. The molecule has 28 heavy (non-hydrogen) atoms. The quantitative estimate of drug-likeness (QED) is 0.671. The van der Waals surface area contributed by atoms with Crippen LogP contribution in [0.25, 0.3) is 11.1 Å². The van der Waals surface area contributed by atoms with Crippen molar-refractivity contribution in [2.75, 3.05) is 0 Å². The van der Waals surface area contributed by atoms with Crippen molar-refractivity contribution in [2.24, 2.45) is 5.14 Å². The lowest BCUT2D eigenvalue weighted by Crippen LogP contribution is -2.28. The molecule has 3 aromatic carbocycles. The molecule has 0 saturated heterocycles. The van der Waals surface area contributed by atoms with Crippen molar-refractivity contribution in [3.63, 3.8) is 0 Å². The minimum Gasteiger partial charge on any atom is -0.349 e. The van der Waals surface area contributed by atoms with E-state index in [1.54, 1.807) is 12.1 Å². The first-order valence-corrected chi connectivity index (χ1v) is 10.4. The number of carbonyl (C=O) groups is 1. The Kier molecular flexibility index (Phi) is 5.92. The zero-order valence-electron chi connectivity index (χ0n) is 15.5. The summed E-state index contributed by atoms with van der Waals surface area (Å²) < 4.78 is 22.6. The van der Waals surface area contributed by atoms with Gasteiger partial charge in [0.05, 0.1) is 17.4 Å². The molecule has 0 saturated carbocycles. The van der Waals surface area contributed by atoms with Crippen LogP contribution >= 0.6 is 0 Å². The van der Waals surface area contributed by atoms with E-state index in [1.165, 1.54) is 12.1 Å². The van der Waals surface area contributed by atoms with Gasteiger partial charge < -0.3 is 5.32 Å². The number of rotatable bonds is 6. The molecule has 0 aliphatic carbocycles. The summed E-state index contributed by atoms with van der Waals surface area (Å²) in [4.78, 5) is 12.4. The van der Waals surface area contributed by atoms with Crippen LogP contribution in [0.3, 0.4) is 0 Å². The molecule has 1 atom stereocenters. The zero-order chi connectivity index (χ0) is 20.1. The molecule has 3 aromatic rings. The molecular formula is C22H22N2O3S. The molecule has 3 rings (SSSR count). The van der Waals surface area contributed by atoms with E-state index in [0.29, 0.717) is 0 Å². The van der Waals surface area contributed by atoms with Crippen molar-refractivity contribution >= 4 is 15.9 Å². The second-order valence-corrected chi connectivity index (χ2v) is 8.20. The Balaban J connectivity index is 1.60. The van der Waals surface area contributed by atoms with E-state index in [4.69, 9.17) is 5.14 Å². The van der Waals surface area contributed by atoms with Crippen LogP contribution in [0.1, 0.15) is 24.1 Å². The summed E-state index contributed by atoms with van der Waals surface area (Å²) in [5, 5.41) is 8.03. The topological polar surface area (TPSA) is 89.3 Å². The zero-order valence-corrected chi connectivity index (χ0v) is 16.3. The first-order chi connectivity index (χ1) is 13.3. The maximum Gasteiger partial charge on any atom is 0.238 e. The van der Waals surface area contributed by atoms with Gasteiger partial charge in [-0.2, -0.15) is 0 Å². The van der Waals surface area contributed by atoms with Crippen molar-refractivity contribution in [1.82, 2.24) is 5.32 Å². The molecule has 5 nitrogen and oxygen atoms in total. The van der Waals surface area contributed by atoms with E-state index < -0.39 is 10.0 Å². The van der Waals surface area contributed by atoms with Gasteiger partial charge in [0.1, 0.15) is 0 Å². The molecule has 0 spiro atoms. The molecule has 0 unspecified atom stereocenters. The van der Waals surface area contributed by atoms with E-state index in [-0.39, 0.29) is 23.3 Å². The third-order valence-corrected chi connectivity index (χ3v) is 5.44. The molecule has 3 N–H and O–H groups in total. The van der Waals surface area contributed by atoms with Crippen LogP contribution < -0.4 is 10.5 Å². The summed E-state index contributed by atoms with van der Waals surface area (Å²) in [7, 11) is -3.72. The molecule has 144 valence electrons. The lowest BCUT2D eigenvalue weighted by Gasteiger charge is -2.15. The number of sulfonamides is 1.